The second-order valence-electron chi connectivity index (χ2n) is 6.50. The standard InChI is InChI=1S/C21H34NS/c1-3-4-5-6-7-8-9-10-11-15-18-23(2)21(19-22)20-16-13-12-14-17-20/h12-14,16-17,21H,3-11,15,18H2,1-2H3/q+1. The zero-order valence-corrected chi connectivity index (χ0v) is 15.9. The van der Waals surface area contributed by atoms with Crippen molar-refractivity contribution in [1.29, 1.82) is 5.26 Å². The summed E-state index contributed by atoms with van der Waals surface area (Å²) in [5.41, 5.74) is 1.19. The van der Waals surface area contributed by atoms with Crippen LogP contribution >= 0.6 is 0 Å². The summed E-state index contributed by atoms with van der Waals surface area (Å²) >= 11 is 0. The Hall–Kier alpha value is -0.940. The molecular formula is C21H34NS+. The van der Waals surface area contributed by atoms with Gasteiger partial charge in [-0.15, -0.1) is 0 Å². The van der Waals surface area contributed by atoms with Gasteiger partial charge in [-0.1, -0.05) is 88.6 Å². The maximum absolute atomic E-state index is 9.47. The molecule has 0 bridgehead atoms. The number of hydrogen-bond donors (Lipinski definition) is 0. The summed E-state index contributed by atoms with van der Waals surface area (Å²) < 4.78 is 0. The van der Waals surface area contributed by atoms with Gasteiger partial charge in [0.15, 0.2) is 0 Å². The Labute approximate surface area is 146 Å². The topological polar surface area (TPSA) is 23.8 Å². The van der Waals surface area contributed by atoms with E-state index in [1.807, 2.05) is 18.2 Å². The van der Waals surface area contributed by atoms with Gasteiger partial charge in [0, 0.05) is 16.5 Å². The number of rotatable bonds is 13. The Morgan fingerprint density at radius 3 is 1.91 bits per heavy atom. The van der Waals surface area contributed by atoms with Crippen LogP contribution < -0.4 is 0 Å². The Morgan fingerprint density at radius 1 is 0.870 bits per heavy atom. The molecule has 0 saturated carbocycles. The van der Waals surface area contributed by atoms with Crippen LogP contribution in [0.25, 0.3) is 0 Å². The lowest BCUT2D eigenvalue weighted by atomic mass is 10.1. The van der Waals surface area contributed by atoms with E-state index in [0.717, 1.165) is 0 Å². The highest BCUT2D eigenvalue weighted by molar-refractivity contribution is 7.96. The van der Waals surface area contributed by atoms with Gasteiger partial charge in [-0.2, -0.15) is 5.26 Å². The van der Waals surface area contributed by atoms with E-state index in [1.165, 1.54) is 75.5 Å². The quantitative estimate of drug-likeness (QED) is 0.302. The highest BCUT2D eigenvalue weighted by Gasteiger charge is 2.26. The molecule has 0 aliphatic carbocycles. The van der Waals surface area contributed by atoms with Crippen molar-refractivity contribution >= 4 is 10.9 Å². The number of nitrogens with zero attached hydrogens (tertiary/aromatic N) is 1. The molecule has 1 rings (SSSR count). The second kappa shape index (κ2) is 13.5. The van der Waals surface area contributed by atoms with Gasteiger partial charge < -0.3 is 0 Å². The molecule has 0 aromatic heterocycles. The highest BCUT2D eigenvalue weighted by atomic mass is 32.2. The average Bonchev–Trinajstić information content (AvgIpc) is 2.58. The Morgan fingerprint density at radius 2 is 1.39 bits per heavy atom. The van der Waals surface area contributed by atoms with Gasteiger partial charge >= 0.3 is 0 Å². The molecule has 0 saturated heterocycles. The average molecular weight is 333 g/mol. The summed E-state index contributed by atoms with van der Waals surface area (Å²) in [7, 11) is 0.167. The molecule has 2 atom stereocenters. The lowest BCUT2D eigenvalue weighted by Crippen LogP contribution is -2.14. The first-order valence-electron chi connectivity index (χ1n) is 9.35. The molecule has 0 spiro atoms. The number of benzene rings is 1. The van der Waals surface area contributed by atoms with E-state index in [1.54, 1.807) is 0 Å². The fourth-order valence-electron chi connectivity index (χ4n) is 2.96. The first kappa shape index (κ1) is 20.1. The largest absolute Gasteiger partial charge is 0.227 e. The highest BCUT2D eigenvalue weighted by Crippen LogP contribution is 2.23. The van der Waals surface area contributed by atoms with Crippen molar-refractivity contribution in [3.8, 4) is 6.07 Å². The molecule has 23 heavy (non-hydrogen) atoms. The van der Waals surface area contributed by atoms with Crippen molar-refractivity contribution in [3.05, 3.63) is 35.9 Å². The van der Waals surface area contributed by atoms with Crippen molar-refractivity contribution in [1.82, 2.24) is 0 Å². The maximum atomic E-state index is 9.47. The van der Waals surface area contributed by atoms with Crippen LogP contribution in [0.15, 0.2) is 30.3 Å². The van der Waals surface area contributed by atoms with E-state index in [9.17, 15) is 5.26 Å². The minimum Gasteiger partial charge on any atom is -0.192 e. The third-order valence-corrected chi connectivity index (χ3v) is 6.56. The smallest absolute Gasteiger partial charge is 0.192 e. The lowest BCUT2D eigenvalue weighted by Gasteiger charge is -2.10. The van der Waals surface area contributed by atoms with Crippen LogP contribution in [0.2, 0.25) is 0 Å². The molecule has 0 aliphatic heterocycles. The van der Waals surface area contributed by atoms with E-state index in [4.69, 9.17) is 0 Å². The van der Waals surface area contributed by atoms with Crippen LogP contribution in [-0.2, 0) is 10.9 Å². The second-order valence-corrected chi connectivity index (χ2v) is 8.76. The third-order valence-electron chi connectivity index (χ3n) is 4.44. The molecule has 1 nitrogen and oxygen atoms in total. The third kappa shape index (κ3) is 9.06. The number of hydrogen-bond acceptors (Lipinski definition) is 1. The van der Waals surface area contributed by atoms with E-state index >= 15 is 0 Å². The molecule has 2 unspecified atom stereocenters. The summed E-state index contributed by atoms with van der Waals surface area (Å²) in [6.45, 7) is 2.27. The minimum absolute atomic E-state index is 0.0785. The summed E-state index contributed by atoms with van der Waals surface area (Å²) in [6, 6.07) is 12.8. The number of nitriles is 1. The lowest BCUT2D eigenvalue weighted by molar-refractivity contribution is 0.563. The van der Waals surface area contributed by atoms with Crippen molar-refractivity contribution in [2.24, 2.45) is 0 Å². The fourth-order valence-corrected chi connectivity index (χ4v) is 4.66. The predicted molar refractivity (Wildman–Crippen MR) is 105 cm³/mol. The van der Waals surface area contributed by atoms with E-state index in [2.05, 4.69) is 31.4 Å². The Kier molecular flexibility index (Phi) is 11.8. The maximum Gasteiger partial charge on any atom is 0.227 e. The van der Waals surface area contributed by atoms with Crippen molar-refractivity contribution in [2.45, 2.75) is 76.4 Å². The monoisotopic (exact) mass is 332 g/mol. The van der Waals surface area contributed by atoms with Gasteiger partial charge in [0.05, 0.1) is 6.26 Å². The van der Waals surface area contributed by atoms with E-state index in [-0.39, 0.29) is 16.1 Å². The van der Waals surface area contributed by atoms with Crippen LogP contribution in [0.3, 0.4) is 0 Å². The molecule has 0 fully saturated rings. The fraction of sp³-hybridized carbons (Fsp3) is 0.667. The first-order valence-corrected chi connectivity index (χ1v) is 11.2. The van der Waals surface area contributed by atoms with Crippen LogP contribution in [0.1, 0.15) is 81.9 Å². The minimum atomic E-state index is 0.0785. The molecule has 128 valence electrons. The van der Waals surface area contributed by atoms with Gasteiger partial charge in [0.25, 0.3) is 0 Å². The van der Waals surface area contributed by atoms with Crippen LogP contribution in [0.5, 0.6) is 0 Å². The molecule has 0 radical (unpaired) electrons. The van der Waals surface area contributed by atoms with E-state index < -0.39 is 0 Å². The van der Waals surface area contributed by atoms with Gasteiger partial charge in [-0.3, -0.25) is 0 Å². The molecule has 0 heterocycles. The van der Waals surface area contributed by atoms with Crippen LogP contribution in [-0.4, -0.2) is 12.0 Å². The molecule has 0 aliphatic rings. The summed E-state index contributed by atoms with van der Waals surface area (Å²) in [6.07, 6.45) is 16.0. The van der Waals surface area contributed by atoms with Gasteiger partial charge in [0.1, 0.15) is 11.8 Å². The van der Waals surface area contributed by atoms with Gasteiger partial charge in [0.2, 0.25) is 5.25 Å². The molecule has 0 N–H and O–H groups in total. The number of unbranched alkanes of at least 4 members (excludes halogenated alkanes) is 9. The van der Waals surface area contributed by atoms with Crippen LogP contribution in [0.4, 0.5) is 0 Å². The van der Waals surface area contributed by atoms with Gasteiger partial charge in [-0.05, 0) is 12.8 Å². The molecule has 0 amide bonds. The zero-order valence-electron chi connectivity index (χ0n) is 15.1. The SMILES string of the molecule is CCCCCCCCCCCC[S+](C)C(C#N)c1ccccc1. The van der Waals surface area contributed by atoms with Crippen molar-refractivity contribution in [3.63, 3.8) is 0 Å². The van der Waals surface area contributed by atoms with Crippen molar-refractivity contribution in [2.75, 3.05) is 12.0 Å². The van der Waals surface area contributed by atoms with Crippen molar-refractivity contribution < 1.29 is 0 Å². The molecule has 1 aromatic rings. The molecule has 1 aromatic carbocycles. The van der Waals surface area contributed by atoms with Gasteiger partial charge in [-0.25, -0.2) is 0 Å². The molecule has 2 heteroatoms. The molecular weight excluding hydrogens is 298 g/mol. The summed E-state index contributed by atoms with van der Waals surface area (Å²) in [5, 5.41) is 9.55. The Bertz CT molecular complexity index is 423. The first-order chi connectivity index (χ1) is 11.3. The zero-order chi connectivity index (χ0) is 16.8. The normalized spacial score (nSPS) is 13.4. The van der Waals surface area contributed by atoms with Crippen LogP contribution in [0, 0.1) is 11.3 Å². The summed E-state index contributed by atoms with van der Waals surface area (Å²) in [4.78, 5) is 0. The van der Waals surface area contributed by atoms with E-state index in [0.29, 0.717) is 0 Å². The Balaban J connectivity index is 2.07. The predicted octanol–water partition coefficient (Wildman–Crippen LogP) is 6.42. The summed E-state index contributed by atoms with van der Waals surface area (Å²) in [5.74, 6) is 1.20.